The van der Waals surface area contributed by atoms with Gasteiger partial charge in [0.1, 0.15) is 0 Å². The Balaban J connectivity index is 4.92. The van der Waals surface area contributed by atoms with Crippen LogP contribution in [0.4, 0.5) is 0 Å². The van der Waals surface area contributed by atoms with Crippen LogP contribution in [-0.4, -0.2) is 24.7 Å². The Hall–Kier alpha value is -0.830. The minimum atomic E-state index is 0.0538. The molecule has 2 N–H and O–H groups in total. The molecule has 2 atom stereocenters. The molecule has 0 aliphatic carbocycles. The zero-order chi connectivity index (χ0) is 16.7. The van der Waals surface area contributed by atoms with Gasteiger partial charge < -0.3 is 10.4 Å². The fourth-order valence-electron chi connectivity index (χ4n) is 2.89. The first-order valence-electron chi connectivity index (χ1n) is 8.13. The first kappa shape index (κ1) is 20.2. The molecule has 0 rings (SSSR count). The van der Waals surface area contributed by atoms with Crippen LogP contribution in [0.3, 0.4) is 0 Å². The van der Waals surface area contributed by atoms with E-state index in [0.717, 1.165) is 19.3 Å². The monoisotopic (exact) mass is 297 g/mol. The molecule has 0 radical (unpaired) electrons. The molecule has 21 heavy (non-hydrogen) atoms. The number of hydrogen-bond acceptors (Lipinski definition) is 2. The van der Waals surface area contributed by atoms with Crippen molar-refractivity contribution in [3.8, 4) is 0 Å². The fourth-order valence-corrected chi connectivity index (χ4v) is 2.89. The Morgan fingerprint density at radius 2 is 1.86 bits per heavy atom. The Morgan fingerprint density at radius 3 is 2.29 bits per heavy atom. The molecule has 3 nitrogen and oxygen atoms in total. The topological polar surface area (TPSA) is 49.3 Å². The van der Waals surface area contributed by atoms with Crippen molar-refractivity contribution in [3.63, 3.8) is 0 Å². The van der Waals surface area contributed by atoms with Gasteiger partial charge in [0, 0.05) is 13.0 Å². The second-order valence-electron chi connectivity index (χ2n) is 7.29. The number of carbonyl (C=O) groups is 1. The molecule has 2 unspecified atom stereocenters. The second kappa shape index (κ2) is 8.57. The highest BCUT2D eigenvalue weighted by Crippen LogP contribution is 2.49. The average Bonchev–Trinajstić information content (AvgIpc) is 2.44. The van der Waals surface area contributed by atoms with Crippen LogP contribution in [0.25, 0.3) is 0 Å². The third kappa shape index (κ3) is 5.46. The van der Waals surface area contributed by atoms with Crippen molar-refractivity contribution in [3.05, 3.63) is 12.2 Å². The molecule has 0 aliphatic rings. The molecule has 1 amide bonds. The van der Waals surface area contributed by atoms with Crippen LogP contribution in [0, 0.1) is 22.7 Å². The molecule has 0 aromatic carbocycles. The van der Waals surface area contributed by atoms with Crippen LogP contribution in [0.2, 0.25) is 0 Å². The molecule has 124 valence electrons. The Morgan fingerprint density at radius 1 is 1.29 bits per heavy atom. The van der Waals surface area contributed by atoms with Crippen LogP contribution in [-0.2, 0) is 4.79 Å². The highest BCUT2D eigenvalue weighted by atomic mass is 16.2. The predicted octanol–water partition coefficient (Wildman–Crippen LogP) is 3.78. The maximum atomic E-state index is 11.7. The van der Waals surface area contributed by atoms with Gasteiger partial charge in [-0.25, -0.2) is 0 Å². The summed E-state index contributed by atoms with van der Waals surface area (Å²) in [5.74, 6) is 0.601. The van der Waals surface area contributed by atoms with E-state index in [-0.39, 0.29) is 29.3 Å². The van der Waals surface area contributed by atoms with Crippen LogP contribution in [0.15, 0.2) is 12.2 Å². The summed E-state index contributed by atoms with van der Waals surface area (Å²) >= 11 is 0. The van der Waals surface area contributed by atoms with E-state index in [9.17, 15) is 4.79 Å². The Bertz CT molecular complexity index is 345. The Labute approximate surface area is 131 Å². The molecule has 0 saturated heterocycles. The van der Waals surface area contributed by atoms with Crippen LogP contribution < -0.4 is 5.32 Å². The molecule has 0 aromatic heterocycles. The lowest BCUT2D eigenvalue weighted by Crippen LogP contribution is -2.39. The minimum Gasteiger partial charge on any atom is -0.392 e. The van der Waals surface area contributed by atoms with Crippen molar-refractivity contribution in [2.75, 3.05) is 13.7 Å². The van der Waals surface area contributed by atoms with Gasteiger partial charge in [0.05, 0.1) is 6.61 Å². The maximum absolute atomic E-state index is 11.7. The highest BCUT2D eigenvalue weighted by molar-refractivity contribution is 5.77. The van der Waals surface area contributed by atoms with E-state index in [1.165, 1.54) is 0 Å². The molecule has 0 aromatic rings. The van der Waals surface area contributed by atoms with E-state index in [1.54, 1.807) is 7.05 Å². The molecule has 0 bridgehead atoms. The lowest BCUT2D eigenvalue weighted by molar-refractivity contribution is -0.124. The first-order valence-corrected chi connectivity index (χ1v) is 8.13. The van der Waals surface area contributed by atoms with Crippen molar-refractivity contribution in [2.45, 2.75) is 60.8 Å². The van der Waals surface area contributed by atoms with Crippen molar-refractivity contribution < 1.29 is 9.90 Å². The summed E-state index contributed by atoms with van der Waals surface area (Å²) < 4.78 is 0. The van der Waals surface area contributed by atoms with Gasteiger partial charge in [-0.05, 0) is 36.0 Å². The van der Waals surface area contributed by atoms with Gasteiger partial charge in [-0.3, -0.25) is 4.79 Å². The smallest absolute Gasteiger partial charge is 0.222 e. The lowest BCUT2D eigenvalue weighted by atomic mass is 9.58. The van der Waals surface area contributed by atoms with Crippen LogP contribution in [0.1, 0.15) is 60.8 Å². The maximum Gasteiger partial charge on any atom is 0.222 e. The molecule has 0 saturated carbocycles. The molecular formula is C18H35NO2. The van der Waals surface area contributed by atoms with Gasteiger partial charge in [-0.15, -0.1) is 0 Å². The average molecular weight is 297 g/mol. The molecular weight excluding hydrogens is 262 g/mol. The number of hydrogen-bond donors (Lipinski definition) is 2. The Kier molecular flexibility index (Phi) is 8.23. The largest absolute Gasteiger partial charge is 0.392 e. The van der Waals surface area contributed by atoms with Gasteiger partial charge in [0.15, 0.2) is 0 Å². The normalized spacial score (nSPS) is 16.0. The number of nitrogens with one attached hydrogen (secondary N) is 1. The summed E-state index contributed by atoms with van der Waals surface area (Å²) in [5.41, 5.74) is 0.228. The summed E-state index contributed by atoms with van der Waals surface area (Å²) in [7, 11) is 1.70. The SMILES string of the molecule is CCC(C=CCO)C(C)(C)C(C)(C)CCC(C)C(=O)NC. The minimum absolute atomic E-state index is 0.0538. The van der Waals surface area contributed by atoms with E-state index in [1.807, 2.05) is 13.0 Å². The zero-order valence-electron chi connectivity index (χ0n) is 15.0. The molecule has 0 spiro atoms. The summed E-state index contributed by atoms with van der Waals surface area (Å²) in [6, 6.07) is 0. The van der Waals surface area contributed by atoms with Crippen molar-refractivity contribution >= 4 is 5.91 Å². The lowest BCUT2D eigenvalue weighted by Gasteiger charge is -2.47. The summed E-state index contributed by atoms with van der Waals surface area (Å²) in [5, 5.41) is 11.7. The van der Waals surface area contributed by atoms with Gasteiger partial charge >= 0.3 is 0 Å². The van der Waals surface area contributed by atoms with Gasteiger partial charge in [-0.2, -0.15) is 0 Å². The first-order chi connectivity index (χ1) is 9.63. The van der Waals surface area contributed by atoms with E-state index in [0.29, 0.717) is 5.92 Å². The number of aliphatic hydroxyl groups is 1. The van der Waals surface area contributed by atoms with Gasteiger partial charge in [0.2, 0.25) is 5.91 Å². The standard InChI is InChI=1S/C18H35NO2/c1-8-15(10-9-13-20)18(5,6)17(3,4)12-11-14(2)16(21)19-7/h9-10,14-15,20H,8,11-13H2,1-7H3,(H,19,21). The molecule has 0 heterocycles. The summed E-state index contributed by atoms with van der Waals surface area (Å²) in [6.45, 7) is 13.5. The quantitative estimate of drug-likeness (QED) is 0.636. The summed E-state index contributed by atoms with van der Waals surface area (Å²) in [4.78, 5) is 11.7. The number of amides is 1. The van der Waals surface area contributed by atoms with Gasteiger partial charge in [-0.1, -0.05) is 53.7 Å². The van der Waals surface area contributed by atoms with Crippen molar-refractivity contribution in [1.82, 2.24) is 5.32 Å². The van der Waals surface area contributed by atoms with Crippen LogP contribution >= 0.6 is 0 Å². The van der Waals surface area contributed by atoms with E-state index < -0.39 is 0 Å². The highest BCUT2D eigenvalue weighted by Gasteiger charge is 2.41. The second-order valence-corrected chi connectivity index (χ2v) is 7.29. The van der Waals surface area contributed by atoms with Crippen molar-refractivity contribution in [1.29, 1.82) is 0 Å². The number of aliphatic hydroxyl groups excluding tert-OH is 1. The van der Waals surface area contributed by atoms with Crippen LogP contribution in [0.5, 0.6) is 0 Å². The molecule has 3 heteroatoms. The van der Waals surface area contributed by atoms with E-state index >= 15 is 0 Å². The third-order valence-corrected chi connectivity index (χ3v) is 5.48. The number of allylic oxidation sites excluding steroid dienone is 1. The molecule has 0 fully saturated rings. The third-order valence-electron chi connectivity index (χ3n) is 5.48. The van der Waals surface area contributed by atoms with Gasteiger partial charge in [0.25, 0.3) is 0 Å². The van der Waals surface area contributed by atoms with E-state index in [2.05, 4.69) is 46.0 Å². The number of carbonyl (C=O) groups excluding carboxylic acids is 1. The molecule has 0 aliphatic heterocycles. The fraction of sp³-hybridized carbons (Fsp3) is 0.833. The summed E-state index contributed by atoms with van der Waals surface area (Å²) in [6.07, 6.45) is 6.95. The zero-order valence-corrected chi connectivity index (χ0v) is 15.0. The predicted molar refractivity (Wildman–Crippen MR) is 90.0 cm³/mol. The van der Waals surface area contributed by atoms with E-state index in [4.69, 9.17) is 5.11 Å². The number of rotatable bonds is 9. The van der Waals surface area contributed by atoms with Crippen molar-refractivity contribution in [2.24, 2.45) is 22.7 Å².